The Kier molecular flexibility index (Phi) is 6.74. The summed E-state index contributed by atoms with van der Waals surface area (Å²) in [5.41, 5.74) is 7.73. The molecule has 1 amide bonds. The molecule has 3 rings (SSSR count). The van der Waals surface area contributed by atoms with Crippen LogP contribution in [0, 0.1) is 0 Å². The van der Waals surface area contributed by atoms with Crippen molar-refractivity contribution >= 4 is 17.5 Å². The predicted octanol–water partition coefficient (Wildman–Crippen LogP) is 3.28. The maximum absolute atomic E-state index is 12.7. The predicted molar refractivity (Wildman–Crippen MR) is 111 cm³/mol. The molecule has 0 aliphatic rings. The number of halogens is 1. The molecule has 144 valence electrons. The molecule has 0 saturated carbocycles. The standard InChI is InChI=1S/C22H23ClN4O/c23-20-6-2-1-5-19(20)22(21(24)28,11-7-17-8-13-25-14-9-17)27-15-10-18-4-3-12-26-16-18/h1-6,8-9,12-14,16,27H,7,10-11,15H2,(H2,24,28). The monoisotopic (exact) mass is 394 g/mol. The molecule has 5 nitrogen and oxygen atoms in total. The Bertz CT molecular complexity index is 905. The lowest BCUT2D eigenvalue weighted by Crippen LogP contribution is -2.53. The topological polar surface area (TPSA) is 80.9 Å². The Morgan fingerprint density at radius 1 is 0.964 bits per heavy atom. The van der Waals surface area contributed by atoms with Gasteiger partial charge in [0.25, 0.3) is 0 Å². The summed E-state index contributed by atoms with van der Waals surface area (Å²) in [4.78, 5) is 20.9. The first kappa shape index (κ1) is 20.0. The number of carbonyl (C=O) groups is 1. The third-order valence-corrected chi connectivity index (χ3v) is 5.19. The molecule has 0 radical (unpaired) electrons. The number of amides is 1. The van der Waals surface area contributed by atoms with Crippen molar-refractivity contribution in [3.8, 4) is 0 Å². The van der Waals surface area contributed by atoms with Crippen LogP contribution in [-0.4, -0.2) is 22.4 Å². The maximum Gasteiger partial charge on any atom is 0.242 e. The number of aryl methyl sites for hydroxylation is 1. The number of carbonyl (C=O) groups excluding carboxylic acids is 1. The normalized spacial score (nSPS) is 13.0. The second kappa shape index (κ2) is 9.44. The van der Waals surface area contributed by atoms with Crippen LogP contribution in [0.1, 0.15) is 23.1 Å². The van der Waals surface area contributed by atoms with Crippen LogP contribution >= 0.6 is 11.6 Å². The summed E-state index contributed by atoms with van der Waals surface area (Å²) in [7, 11) is 0. The average Bonchev–Trinajstić information content (AvgIpc) is 2.72. The van der Waals surface area contributed by atoms with Gasteiger partial charge in [0.1, 0.15) is 5.54 Å². The van der Waals surface area contributed by atoms with Crippen molar-refractivity contribution in [1.82, 2.24) is 15.3 Å². The summed E-state index contributed by atoms with van der Waals surface area (Å²) in [6, 6.07) is 15.1. The first-order valence-corrected chi connectivity index (χ1v) is 9.57. The van der Waals surface area contributed by atoms with E-state index in [9.17, 15) is 4.79 Å². The summed E-state index contributed by atoms with van der Waals surface area (Å²) in [6.45, 7) is 0.566. The van der Waals surface area contributed by atoms with Crippen molar-refractivity contribution in [3.63, 3.8) is 0 Å². The van der Waals surface area contributed by atoms with Crippen LogP contribution < -0.4 is 11.1 Å². The average molecular weight is 395 g/mol. The van der Waals surface area contributed by atoms with Crippen LogP contribution in [0.2, 0.25) is 5.02 Å². The van der Waals surface area contributed by atoms with Crippen molar-refractivity contribution in [2.24, 2.45) is 5.73 Å². The smallest absolute Gasteiger partial charge is 0.242 e. The first-order valence-electron chi connectivity index (χ1n) is 9.19. The molecule has 3 aromatic rings. The van der Waals surface area contributed by atoms with Gasteiger partial charge in [0.15, 0.2) is 0 Å². The van der Waals surface area contributed by atoms with Gasteiger partial charge in [0.2, 0.25) is 5.91 Å². The Labute approximate surface area is 170 Å². The van der Waals surface area contributed by atoms with Crippen molar-refractivity contribution in [2.45, 2.75) is 24.8 Å². The molecule has 1 aromatic carbocycles. The van der Waals surface area contributed by atoms with Gasteiger partial charge in [-0.25, -0.2) is 0 Å². The highest BCUT2D eigenvalue weighted by Gasteiger charge is 2.39. The highest BCUT2D eigenvalue weighted by atomic mass is 35.5. The zero-order valence-electron chi connectivity index (χ0n) is 15.5. The number of hydrogen-bond donors (Lipinski definition) is 2. The molecule has 0 saturated heterocycles. The van der Waals surface area contributed by atoms with E-state index in [0.717, 1.165) is 17.5 Å². The third-order valence-electron chi connectivity index (χ3n) is 4.86. The minimum atomic E-state index is -1.07. The number of nitrogens with two attached hydrogens (primary N) is 1. The third kappa shape index (κ3) is 4.74. The summed E-state index contributed by atoms with van der Waals surface area (Å²) < 4.78 is 0. The molecule has 0 spiro atoms. The molecule has 28 heavy (non-hydrogen) atoms. The van der Waals surface area contributed by atoms with E-state index in [2.05, 4.69) is 15.3 Å². The van der Waals surface area contributed by atoms with Crippen LogP contribution in [0.25, 0.3) is 0 Å². The summed E-state index contributed by atoms with van der Waals surface area (Å²) in [5, 5.41) is 3.92. The zero-order valence-corrected chi connectivity index (χ0v) is 16.3. The fourth-order valence-corrected chi connectivity index (χ4v) is 3.61. The first-order chi connectivity index (χ1) is 13.6. The minimum absolute atomic E-state index is 0.444. The number of aromatic nitrogens is 2. The van der Waals surface area contributed by atoms with Gasteiger partial charge in [-0.1, -0.05) is 35.9 Å². The molecular formula is C22H23ClN4O. The Morgan fingerprint density at radius 2 is 1.75 bits per heavy atom. The molecule has 0 aliphatic carbocycles. The number of rotatable bonds is 9. The fraction of sp³-hybridized carbons (Fsp3) is 0.227. The molecule has 0 fully saturated rings. The van der Waals surface area contributed by atoms with Crippen molar-refractivity contribution in [1.29, 1.82) is 0 Å². The lowest BCUT2D eigenvalue weighted by atomic mass is 9.83. The SMILES string of the molecule is NC(=O)C(CCc1ccncc1)(NCCc1cccnc1)c1ccccc1Cl. The minimum Gasteiger partial charge on any atom is -0.368 e. The summed E-state index contributed by atoms with van der Waals surface area (Å²) >= 11 is 6.46. The van der Waals surface area contributed by atoms with Gasteiger partial charge in [-0.05, 0) is 54.7 Å². The van der Waals surface area contributed by atoms with E-state index in [1.165, 1.54) is 0 Å². The molecule has 0 bridgehead atoms. The van der Waals surface area contributed by atoms with Crippen LogP contribution in [0.5, 0.6) is 0 Å². The van der Waals surface area contributed by atoms with Gasteiger partial charge in [0, 0.05) is 41.9 Å². The van der Waals surface area contributed by atoms with Gasteiger partial charge in [0.05, 0.1) is 0 Å². The Hall–Kier alpha value is -2.76. The van der Waals surface area contributed by atoms with Gasteiger partial charge in [-0.15, -0.1) is 0 Å². The van der Waals surface area contributed by atoms with Crippen molar-refractivity contribution in [3.05, 3.63) is 95.0 Å². The number of primary amides is 1. The maximum atomic E-state index is 12.7. The quantitative estimate of drug-likeness (QED) is 0.583. The van der Waals surface area contributed by atoms with Crippen LogP contribution in [0.15, 0.2) is 73.3 Å². The van der Waals surface area contributed by atoms with E-state index >= 15 is 0 Å². The van der Waals surface area contributed by atoms with E-state index in [0.29, 0.717) is 30.0 Å². The van der Waals surface area contributed by atoms with Gasteiger partial charge in [-0.3, -0.25) is 20.1 Å². The molecule has 6 heteroatoms. The molecule has 3 N–H and O–H groups in total. The highest BCUT2D eigenvalue weighted by molar-refractivity contribution is 6.31. The highest BCUT2D eigenvalue weighted by Crippen LogP contribution is 2.32. The fourth-order valence-electron chi connectivity index (χ4n) is 3.32. The van der Waals surface area contributed by atoms with Gasteiger partial charge < -0.3 is 5.73 Å². The van der Waals surface area contributed by atoms with E-state index in [-0.39, 0.29) is 0 Å². The van der Waals surface area contributed by atoms with Crippen LogP contribution in [0.3, 0.4) is 0 Å². The lowest BCUT2D eigenvalue weighted by Gasteiger charge is -2.33. The second-order valence-electron chi connectivity index (χ2n) is 6.64. The summed E-state index contributed by atoms with van der Waals surface area (Å²) in [5.74, 6) is -0.444. The van der Waals surface area contributed by atoms with Gasteiger partial charge >= 0.3 is 0 Å². The van der Waals surface area contributed by atoms with E-state index in [1.54, 1.807) is 24.7 Å². The van der Waals surface area contributed by atoms with E-state index in [4.69, 9.17) is 17.3 Å². The number of nitrogens with zero attached hydrogens (tertiary/aromatic N) is 2. The Balaban J connectivity index is 1.86. The van der Waals surface area contributed by atoms with E-state index in [1.807, 2.05) is 48.7 Å². The number of hydrogen-bond acceptors (Lipinski definition) is 4. The number of pyridine rings is 2. The molecular weight excluding hydrogens is 372 g/mol. The zero-order chi connectivity index (χ0) is 19.8. The molecule has 2 heterocycles. The van der Waals surface area contributed by atoms with E-state index < -0.39 is 11.4 Å². The second-order valence-corrected chi connectivity index (χ2v) is 7.05. The largest absolute Gasteiger partial charge is 0.368 e. The number of nitrogens with one attached hydrogen (secondary N) is 1. The molecule has 2 aromatic heterocycles. The summed E-state index contributed by atoms with van der Waals surface area (Å²) in [6.07, 6.45) is 8.92. The molecule has 0 aliphatic heterocycles. The molecule has 1 unspecified atom stereocenters. The van der Waals surface area contributed by atoms with Crippen LogP contribution in [0.4, 0.5) is 0 Å². The van der Waals surface area contributed by atoms with Crippen LogP contribution in [-0.2, 0) is 23.2 Å². The van der Waals surface area contributed by atoms with Gasteiger partial charge in [-0.2, -0.15) is 0 Å². The molecule has 1 atom stereocenters. The Morgan fingerprint density at radius 3 is 2.43 bits per heavy atom. The van der Waals surface area contributed by atoms with Crippen molar-refractivity contribution in [2.75, 3.05) is 6.54 Å². The van der Waals surface area contributed by atoms with Crippen molar-refractivity contribution < 1.29 is 4.79 Å². The lowest BCUT2D eigenvalue weighted by molar-refractivity contribution is -0.125. The number of benzene rings is 1.